The summed E-state index contributed by atoms with van der Waals surface area (Å²) < 4.78 is 13.6. The van der Waals surface area contributed by atoms with Gasteiger partial charge >= 0.3 is 5.97 Å². The molecule has 1 saturated carbocycles. The number of para-hydroxylation sites is 1. The molecule has 0 bridgehead atoms. The van der Waals surface area contributed by atoms with Gasteiger partial charge in [-0.05, 0) is 56.1 Å². The molecule has 1 aromatic rings. The Morgan fingerprint density at radius 2 is 1.76 bits per heavy atom. The van der Waals surface area contributed by atoms with Gasteiger partial charge in [0.2, 0.25) is 0 Å². The van der Waals surface area contributed by atoms with Crippen molar-refractivity contribution >= 4 is 17.9 Å². The number of aliphatic imine (C=N–C) groups is 1. The van der Waals surface area contributed by atoms with Gasteiger partial charge < -0.3 is 20.4 Å². The van der Waals surface area contributed by atoms with Gasteiger partial charge in [-0.25, -0.2) is 4.39 Å². The minimum atomic E-state index is -0.851. The first-order chi connectivity index (χ1) is 13.9. The van der Waals surface area contributed by atoms with Gasteiger partial charge in [0.1, 0.15) is 5.82 Å². The van der Waals surface area contributed by atoms with E-state index in [9.17, 15) is 24.5 Å². The monoisotopic (exact) mass is 409 g/mol. The van der Waals surface area contributed by atoms with Crippen LogP contribution in [-0.4, -0.2) is 50.9 Å². The molecule has 0 heterocycles. The highest BCUT2D eigenvalue weighted by molar-refractivity contribution is 5.67. The number of carboxylic acid groups (broad SMARTS) is 1. The fourth-order valence-electron chi connectivity index (χ4n) is 4.15. The lowest BCUT2D eigenvalue weighted by atomic mass is 9.85. The van der Waals surface area contributed by atoms with Gasteiger partial charge in [-0.3, -0.25) is 9.79 Å². The average Bonchev–Trinajstić information content (AvgIpc) is 2.94. The molecule has 5 atom stereocenters. The lowest BCUT2D eigenvalue weighted by Gasteiger charge is -2.24. The number of aliphatic carboxylic acids is 1. The van der Waals surface area contributed by atoms with E-state index in [2.05, 4.69) is 4.99 Å². The molecule has 0 aromatic heterocycles. The van der Waals surface area contributed by atoms with Crippen molar-refractivity contribution in [2.24, 2.45) is 16.8 Å². The van der Waals surface area contributed by atoms with Crippen LogP contribution in [0, 0.1) is 17.7 Å². The molecule has 2 rings (SSSR count). The number of hydrogen-bond acceptors (Lipinski definition) is 5. The van der Waals surface area contributed by atoms with Crippen LogP contribution in [0.1, 0.15) is 57.8 Å². The van der Waals surface area contributed by atoms with E-state index in [1.54, 1.807) is 12.1 Å². The van der Waals surface area contributed by atoms with Crippen molar-refractivity contribution in [2.45, 2.75) is 76.1 Å². The lowest BCUT2D eigenvalue weighted by Crippen LogP contribution is -2.24. The maximum atomic E-state index is 13.6. The van der Waals surface area contributed by atoms with Crippen LogP contribution in [0.15, 0.2) is 29.3 Å². The van der Waals surface area contributed by atoms with Gasteiger partial charge in [-0.1, -0.05) is 31.4 Å². The summed E-state index contributed by atoms with van der Waals surface area (Å²) in [7, 11) is 0. The van der Waals surface area contributed by atoms with Gasteiger partial charge in [0.15, 0.2) is 0 Å². The number of halogens is 1. The minimum Gasteiger partial charge on any atom is -0.481 e. The van der Waals surface area contributed by atoms with E-state index in [1.807, 2.05) is 0 Å². The first-order valence-corrected chi connectivity index (χ1v) is 10.4. The molecule has 6 nitrogen and oxygen atoms in total. The molecule has 1 fully saturated rings. The van der Waals surface area contributed by atoms with Gasteiger partial charge in [-0.2, -0.15) is 0 Å². The van der Waals surface area contributed by atoms with Crippen LogP contribution in [0.25, 0.3) is 0 Å². The van der Waals surface area contributed by atoms with Gasteiger partial charge in [0.05, 0.1) is 24.0 Å². The van der Waals surface area contributed by atoms with Crippen molar-refractivity contribution in [1.29, 1.82) is 0 Å². The number of benzene rings is 1. The van der Waals surface area contributed by atoms with Crippen LogP contribution in [0.4, 0.5) is 10.1 Å². The summed E-state index contributed by atoms with van der Waals surface area (Å²) in [6.45, 7) is 0. The minimum absolute atomic E-state index is 0.0276. The first kappa shape index (κ1) is 23.4. The first-order valence-electron chi connectivity index (χ1n) is 10.4. The van der Waals surface area contributed by atoms with Crippen LogP contribution in [-0.2, 0) is 4.79 Å². The number of aliphatic hydroxyl groups is 3. The van der Waals surface area contributed by atoms with Crippen molar-refractivity contribution in [3.63, 3.8) is 0 Å². The molecule has 1 aliphatic carbocycles. The molecule has 0 saturated heterocycles. The summed E-state index contributed by atoms with van der Waals surface area (Å²) >= 11 is 0. The standard InChI is InChI=1S/C22H32FNO5/c23-18-8-5-6-9-19(18)24-14-15(25)11-12-17-16(20(26)13-21(17)27)7-3-1-2-4-10-22(28)29/h5-6,8-9,14-17,20-21,25-27H,1-4,7,10-13H2,(H,28,29)/t15?,16-,17?,20+,21-/m1/s1. The maximum Gasteiger partial charge on any atom is 0.303 e. The predicted molar refractivity (Wildman–Crippen MR) is 109 cm³/mol. The van der Waals surface area contributed by atoms with Crippen molar-refractivity contribution in [3.05, 3.63) is 30.1 Å². The van der Waals surface area contributed by atoms with E-state index < -0.39 is 30.1 Å². The highest BCUT2D eigenvalue weighted by Crippen LogP contribution is 2.39. The summed E-state index contributed by atoms with van der Waals surface area (Å²) in [4.78, 5) is 14.5. The smallest absolute Gasteiger partial charge is 0.303 e. The van der Waals surface area contributed by atoms with Gasteiger partial charge in [0.25, 0.3) is 0 Å². The fraction of sp³-hybridized carbons (Fsp3) is 0.636. The molecule has 162 valence electrons. The molecule has 1 aromatic carbocycles. The number of carboxylic acids is 1. The lowest BCUT2D eigenvalue weighted by molar-refractivity contribution is -0.137. The second-order valence-corrected chi connectivity index (χ2v) is 7.92. The number of carbonyl (C=O) groups is 1. The van der Waals surface area contributed by atoms with Crippen LogP contribution in [0.2, 0.25) is 0 Å². The summed E-state index contributed by atoms with van der Waals surface area (Å²) in [6.07, 6.45) is 4.80. The molecular weight excluding hydrogens is 377 g/mol. The fourth-order valence-corrected chi connectivity index (χ4v) is 4.15. The number of hydrogen-bond donors (Lipinski definition) is 4. The largest absolute Gasteiger partial charge is 0.481 e. The molecule has 0 aliphatic heterocycles. The highest BCUT2D eigenvalue weighted by Gasteiger charge is 2.40. The third-order valence-corrected chi connectivity index (χ3v) is 5.73. The Labute approximate surface area is 171 Å². The van der Waals surface area contributed by atoms with E-state index in [0.29, 0.717) is 25.7 Å². The molecule has 4 N–H and O–H groups in total. The summed E-state index contributed by atoms with van der Waals surface area (Å²) in [6, 6.07) is 6.08. The molecule has 0 radical (unpaired) electrons. The van der Waals surface area contributed by atoms with Crippen LogP contribution < -0.4 is 0 Å². The van der Waals surface area contributed by atoms with Crippen molar-refractivity contribution < 1.29 is 29.6 Å². The van der Waals surface area contributed by atoms with E-state index in [1.165, 1.54) is 18.3 Å². The quantitative estimate of drug-likeness (QED) is 0.312. The summed E-state index contributed by atoms with van der Waals surface area (Å²) in [5, 5.41) is 39.4. The summed E-state index contributed by atoms with van der Waals surface area (Å²) in [5.41, 5.74) is 0.170. The predicted octanol–water partition coefficient (Wildman–Crippen LogP) is 3.45. The van der Waals surface area contributed by atoms with Crippen molar-refractivity contribution in [2.75, 3.05) is 0 Å². The Morgan fingerprint density at radius 1 is 1.10 bits per heavy atom. The molecular formula is C22H32FNO5. The van der Waals surface area contributed by atoms with E-state index in [0.717, 1.165) is 25.7 Å². The van der Waals surface area contributed by atoms with Gasteiger partial charge in [0, 0.05) is 12.6 Å². The van der Waals surface area contributed by atoms with E-state index in [4.69, 9.17) is 5.11 Å². The zero-order valence-electron chi connectivity index (χ0n) is 16.7. The second-order valence-electron chi connectivity index (χ2n) is 7.92. The molecule has 2 unspecified atom stereocenters. The van der Waals surface area contributed by atoms with E-state index in [-0.39, 0.29) is 23.9 Å². The highest BCUT2D eigenvalue weighted by atomic mass is 19.1. The Balaban J connectivity index is 1.77. The number of unbranched alkanes of at least 4 members (excludes halogenated alkanes) is 3. The Bertz CT molecular complexity index is 668. The molecule has 7 heteroatoms. The average molecular weight is 409 g/mol. The SMILES string of the molecule is O=C(O)CCCCCC[C@@H]1C(CCC(O)C=Nc2ccccc2F)[C@H](O)C[C@@H]1O. The number of nitrogens with zero attached hydrogens (tertiary/aromatic N) is 1. The van der Waals surface area contributed by atoms with Crippen molar-refractivity contribution in [3.8, 4) is 0 Å². The molecule has 0 amide bonds. The number of rotatable bonds is 12. The molecule has 0 spiro atoms. The molecule has 29 heavy (non-hydrogen) atoms. The molecule has 1 aliphatic rings. The second kappa shape index (κ2) is 12.0. The normalized spacial score (nSPS) is 25.5. The van der Waals surface area contributed by atoms with Crippen LogP contribution in [0.3, 0.4) is 0 Å². The number of aliphatic hydroxyl groups excluding tert-OH is 3. The van der Waals surface area contributed by atoms with Crippen LogP contribution >= 0.6 is 0 Å². The maximum absolute atomic E-state index is 13.6. The third-order valence-electron chi connectivity index (χ3n) is 5.73. The Kier molecular flexibility index (Phi) is 9.70. The van der Waals surface area contributed by atoms with E-state index >= 15 is 0 Å². The zero-order valence-corrected chi connectivity index (χ0v) is 16.7. The topological polar surface area (TPSA) is 110 Å². The third kappa shape index (κ3) is 7.84. The van der Waals surface area contributed by atoms with Gasteiger partial charge in [-0.15, -0.1) is 0 Å². The summed E-state index contributed by atoms with van der Waals surface area (Å²) in [5.74, 6) is -1.36. The zero-order chi connectivity index (χ0) is 21.2. The van der Waals surface area contributed by atoms with Crippen molar-refractivity contribution in [1.82, 2.24) is 0 Å². The Morgan fingerprint density at radius 3 is 2.45 bits per heavy atom. The van der Waals surface area contributed by atoms with Crippen LogP contribution in [0.5, 0.6) is 0 Å². The Hall–Kier alpha value is -1.83.